The normalized spacial score (nSPS) is 12.3. The molecule has 3 N–H and O–H groups in total. The summed E-state index contributed by atoms with van der Waals surface area (Å²) >= 11 is 6.02. The van der Waals surface area contributed by atoms with Crippen LogP contribution in [0.4, 0.5) is 5.69 Å². The second kappa shape index (κ2) is 6.57. The Labute approximate surface area is 117 Å². The minimum atomic E-state index is -0.689. The van der Waals surface area contributed by atoms with E-state index in [1.807, 2.05) is 36.4 Å². The highest BCUT2D eigenvalue weighted by Gasteiger charge is 2.08. The molecule has 0 aliphatic rings. The number of aliphatic hydroxyl groups excluding tert-OH is 1. The number of rotatable bonds is 5. The summed E-state index contributed by atoms with van der Waals surface area (Å²) < 4.78 is 5.48. The largest absolute Gasteiger partial charge is 0.399 e. The van der Waals surface area contributed by atoms with Gasteiger partial charge in [0.15, 0.2) is 0 Å². The average Bonchev–Trinajstić information content (AvgIpc) is 2.41. The van der Waals surface area contributed by atoms with E-state index in [1.54, 1.807) is 12.1 Å². The molecular formula is C15H16ClNO2. The van der Waals surface area contributed by atoms with E-state index in [-0.39, 0.29) is 6.61 Å². The number of aliphatic hydroxyl groups is 1. The van der Waals surface area contributed by atoms with E-state index in [9.17, 15) is 5.11 Å². The van der Waals surface area contributed by atoms with Gasteiger partial charge in [0.25, 0.3) is 0 Å². The number of halogens is 1. The van der Waals surface area contributed by atoms with Gasteiger partial charge < -0.3 is 15.6 Å². The first kappa shape index (κ1) is 13.9. The van der Waals surface area contributed by atoms with Crippen molar-refractivity contribution in [3.05, 3.63) is 64.7 Å². The SMILES string of the molecule is Nc1cccc(C(O)COCc2ccccc2Cl)c1. The molecule has 0 bridgehead atoms. The third-order valence-electron chi connectivity index (χ3n) is 2.79. The van der Waals surface area contributed by atoms with Crippen LogP contribution < -0.4 is 5.73 Å². The van der Waals surface area contributed by atoms with Crippen LogP contribution in [0.5, 0.6) is 0 Å². The number of hydrogen-bond acceptors (Lipinski definition) is 3. The Bertz CT molecular complexity index is 545. The number of nitrogen functional groups attached to an aromatic ring is 1. The van der Waals surface area contributed by atoms with Crippen LogP contribution in [0, 0.1) is 0 Å². The van der Waals surface area contributed by atoms with E-state index in [0.717, 1.165) is 11.1 Å². The zero-order valence-electron chi connectivity index (χ0n) is 10.4. The number of anilines is 1. The summed E-state index contributed by atoms with van der Waals surface area (Å²) in [6.45, 7) is 0.577. The molecule has 19 heavy (non-hydrogen) atoms. The van der Waals surface area contributed by atoms with Crippen LogP contribution in [-0.2, 0) is 11.3 Å². The quantitative estimate of drug-likeness (QED) is 0.826. The predicted molar refractivity (Wildman–Crippen MR) is 76.9 cm³/mol. The lowest BCUT2D eigenvalue weighted by Crippen LogP contribution is -2.07. The maximum Gasteiger partial charge on any atom is 0.102 e. The Hall–Kier alpha value is -1.55. The second-order valence-corrected chi connectivity index (χ2v) is 4.70. The molecule has 0 saturated heterocycles. The van der Waals surface area contributed by atoms with E-state index >= 15 is 0 Å². The lowest BCUT2D eigenvalue weighted by Gasteiger charge is -2.12. The lowest BCUT2D eigenvalue weighted by atomic mass is 10.1. The summed E-state index contributed by atoms with van der Waals surface area (Å²) in [5, 5.41) is 10.6. The predicted octanol–water partition coefficient (Wildman–Crippen LogP) is 3.17. The van der Waals surface area contributed by atoms with Crippen molar-refractivity contribution in [3.8, 4) is 0 Å². The molecule has 1 unspecified atom stereocenters. The molecule has 0 saturated carbocycles. The minimum absolute atomic E-state index is 0.203. The van der Waals surface area contributed by atoms with E-state index < -0.39 is 6.10 Å². The summed E-state index contributed by atoms with van der Waals surface area (Å²) in [6, 6.07) is 14.6. The van der Waals surface area contributed by atoms with Crippen molar-refractivity contribution in [2.45, 2.75) is 12.7 Å². The zero-order chi connectivity index (χ0) is 13.7. The van der Waals surface area contributed by atoms with Crippen LogP contribution in [0.15, 0.2) is 48.5 Å². The molecular weight excluding hydrogens is 262 g/mol. The number of nitrogens with two attached hydrogens (primary N) is 1. The van der Waals surface area contributed by atoms with Gasteiger partial charge >= 0.3 is 0 Å². The Morgan fingerprint density at radius 2 is 1.95 bits per heavy atom. The molecule has 1 atom stereocenters. The van der Waals surface area contributed by atoms with E-state index in [4.69, 9.17) is 22.1 Å². The molecule has 2 aromatic carbocycles. The Kier molecular flexibility index (Phi) is 4.80. The first-order chi connectivity index (χ1) is 9.16. The van der Waals surface area contributed by atoms with E-state index in [2.05, 4.69) is 0 Å². The highest BCUT2D eigenvalue weighted by Crippen LogP contribution is 2.19. The van der Waals surface area contributed by atoms with Crippen molar-refractivity contribution in [1.82, 2.24) is 0 Å². The summed E-state index contributed by atoms with van der Waals surface area (Å²) in [5.74, 6) is 0. The van der Waals surface area contributed by atoms with Gasteiger partial charge in [0, 0.05) is 10.7 Å². The molecule has 0 aromatic heterocycles. The van der Waals surface area contributed by atoms with Gasteiger partial charge in [-0.2, -0.15) is 0 Å². The molecule has 0 aliphatic carbocycles. The number of hydrogen-bond donors (Lipinski definition) is 2. The van der Waals surface area contributed by atoms with Crippen molar-refractivity contribution in [1.29, 1.82) is 0 Å². The number of benzene rings is 2. The molecule has 0 heterocycles. The van der Waals surface area contributed by atoms with Crippen molar-refractivity contribution < 1.29 is 9.84 Å². The summed E-state index contributed by atoms with van der Waals surface area (Å²) in [6.07, 6.45) is -0.689. The summed E-state index contributed by atoms with van der Waals surface area (Å²) in [7, 11) is 0. The van der Waals surface area contributed by atoms with Gasteiger partial charge in [-0.3, -0.25) is 0 Å². The lowest BCUT2D eigenvalue weighted by molar-refractivity contribution is 0.0277. The van der Waals surface area contributed by atoms with Crippen molar-refractivity contribution in [2.75, 3.05) is 12.3 Å². The fraction of sp³-hybridized carbons (Fsp3) is 0.200. The van der Waals surface area contributed by atoms with Gasteiger partial charge in [0.2, 0.25) is 0 Å². The Morgan fingerprint density at radius 1 is 1.16 bits per heavy atom. The topological polar surface area (TPSA) is 55.5 Å². The number of ether oxygens (including phenoxy) is 1. The van der Waals surface area contributed by atoms with Gasteiger partial charge in [-0.1, -0.05) is 41.9 Å². The fourth-order valence-electron chi connectivity index (χ4n) is 1.76. The summed E-state index contributed by atoms with van der Waals surface area (Å²) in [5.41, 5.74) is 7.95. The summed E-state index contributed by atoms with van der Waals surface area (Å²) in [4.78, 5) is 0. The third-order valence-corrected chi connectivity index (χ3v) is 3.16. The molecule has 100 valence electrons. The van der Waals surface area contributed by atoms with Gasteiger partial charge in [-0.15, -0.1) is 0 Å². The maximum atomic E-state index is 9.98. The van der Waals surface area contributed by atoms with Gasteiger partial charge in [-0.25, -0.2) is 0 Å². The molecule has 2 aromatic rings. The highest BCUT2D eigenvalue weighted by molar-refractivity contribution is 6.31. The smallest absolute Gasteiger partial charge is 0.102 e. The van der Waals surface area contributed by atoms with Gasteiger partial charge in [0.05, 0.1) is 13.2 Å². The third kappa shape index (κ3) is 3.96. The molecule has 4 heteroatoms. The monoisotopic (exact) mass is 277 g/mol. The first-order valence-corrected chi connectivity index (χ1v) is 6.39. The molecule has 3 nitrogen and oxygen atoms in total. The molecule has 2 rings (SSSR count). The Morgan fingerprint density at radius 3 is 2.68 bits per heavy atom. The molecule has 0 amide bonds. The average molecular weight is 278 g/mol. The van der Waals surface area contributed by atoms with Crippen LogP contribution in [0.25, 0.3) is 0 Å². The van der Waals surface area contributed by atoms with Crippen LogP contribution in [-0.4, -0.2) is 11.7 Å². The van der Waals surface area contributed by atoms with Crippen LogP contribution in [0.1, 0.15) is 17.2 Å². The van der Waals surface area contributed by atoms with Gasteiger partial charge in [-0.05, 0) is 29.3 Å². The molecule has 0 fully saturated rings. The van der Waals surface area contributed by atoms with Crippen LogP contribution >= 0.6 is 11.6 Å². The molecule has 0 aliphatic heterocycles. The van der Waals surface area contributed by atoms with Gasteiger partial charge in [0.1, 0.15) is 6.10 Å². The second-order valence-electron chi connectivity index (χ2n) is 4.29. The van der Waals surface area contributed by atoms with E-state index in [0.29, 0.717) is 17.3 Å². The first-order valence-electron chi connectivity index (χ1n) is 6.01. The van der Waals surface area contributed by atoms with Crippen molar-refractivity contribution in [2.24, 2.45) is 0 Å². The van der Waals surface area contributed by atoms with E-state index in [1.165, 1.54) is 0 Å². The Balaban J connectivity index is 1.88. The molecule has 0 radical (unpaired) electrons. The fourth-order valence-corrected chi connectivity index (χ4v) is 1.95. The standard InChI is InChI=1S/C15H16ClNO2/c16-14-7-2-1-4-12(14)9-19-10-15(18)11-5-3-6-13(17)8-11/h1-8,15,18H,9-10,17H2. The minimum Gasteiger partial charge on any atom is -0.399 e. The maximum absolute atomic E-state index is 9.98. The van der Waals surface area contributed by atoms with Crippen LogP contribution in [0.3, 0.4) is 0 Å². The van der Waals surface area contributed by atoms with Crippen molar-refractivity contribution >= 4 is 17.3 Å². The molecule has 0 spiro atoms. The van der Waals surface area contributed by atoms with Crippen molar-refractivity contribution in [3.63, 3.8) is 0 Å². The van der Waals surface area contributed by atoms with Crippen LogP contribution in [0.2, 0.25) is 5.02 Å². The zero-order valence-corrected chi connectivity index (χ0v) is 11.2. The highest BCUT2D eigenvalue weighted by atomic mass is 35.5.